The third kappa shape index (κ3) is 5.96. The lowest BCUT2D eigenvalue weighted by Gasteiger charge is -2.27. The van der Waals surface area contributed by atoms with Crippen LogP contribution in [0.4, 0.5) is 13.2 Å². The van der Waals surface area contributed by atoms with Gasteiger partial charge in [0.2, 0.25) is 5.91 Å². The highest BCUT2D eigenvalue weighted by Gasteiger charge is 2.32. The molecule has 2 aromatic carbocycles. The molecule has 0 saturated heterocycles. The molecule has 0 radical (unpaired) electrons. The maximum absolute atomic E-state index is 12.8. The summed E-state index contributed by atoms with van der Waals surface area (Å²) < 4.78 is 68.4. The summed E-state index contributed by atoms with van der Waals surface area (Å²) in [6, 6.07) is 9.44. The second kappa shape index (κ2) is 8.86. The van der Waals surface area contributed by atoms with Crippen LogP contribution in [-0.4, -0.2) is 25.3 Å². The van der Waals surface area contributed by atoms with Crippen LogP contribution >= 0.6 is 0 Å². The number of hydrogen-bond donors (Lipinski definition) is 0. The van der Waals surface area contributed by atoms with E-state index >= 15 is 0 Å². The molecule has 1 amide bonds. The van der Waals surface area contributed by atoms with Crippen molar-refractivity contribution in [1.29, 1.82) is 0 Å². The molecule has 0 aromatic heterocycles. The molecule has 0 aliphatic heterocycles. The van der Waals surface area contributed by atoms with E-state index < -0.39 is 26.8 Å². The van der Waals surface area contributed by atoms with Gasteiger partial charge in [-0.15, -0.1) is 0 Å². The SMILES string of the molecule is CC[C@H](C)N(Cc1cccc(OS(=O)(=O)c2cccc(C(F)(F)F)c2)c1)C(C)=O. The molecule has 0 saturated carbocycles. The maximum atomic E-state index is 12.8. The summed E-state index contributed by atoms with van der Waals surface area (Å²) in [4.78, 5) is 12.9. The first-order valence-electron chi connectivity index (χ1n) is 8.92. The molecule has 1 atom stereocenters. The van der Waals surface area contributed by atoms with Gasteiger partial charge in [-0.2, -0.15) is 21.6 Å². The standard InChI is InChI=1S/C20H22F3NO4S/c1-4-14(2)24(15(3)25)13-16-7-5-9-18(11-16)28-29(26,27)19-10-6-8-17(12-19)20(21,22)23/h5-12,14H,4,13H2,1-3H3/t14-/m0/s1. The lowest BCUT2D eigenvalue weighted by atomic mass is 10.1. The van der Waals surface area contributed by atoms with Crippen molar-refractivity contribution >= 4 is 16.0 Å². The number of hydrogen-bond acceptors (Lipinski definition) is 4. The van der Waals surface area contributed by atoms with Crippen LogP contribution in [0.1, 0.15) is 38.3 Å². The van der Waals surface area contributed by atoms with Crippen LogP contribution in [0.3, 0.4) is 0 Å². The van der Waals surface area contributed by atoms with Crippen LogP contribution in [-0.2, 0) is 27.6 Å². The van der Waals surface area contributed by atoms with Gasteiger partial charge in [0, 0.05) is 19.5 Å². The topological polar surface area (TPSA) is 63.7 Å². The molecule has 29 heavy (non-hydrogen) atoms. The average Bonchev–Trinajstić information content (AvgIpc) is 2.64. The number of rotatable bonds is 7. The quantitative estimate of drug-likeness (QED) is 0.603. The van der Waals surface area contributed by atoms with Crippen molar-refractivity contribution in [2.24, 2.45) is 0 Å². The van der Waals surface area contributed by atoms with E-state index in [1.54, 1.807) is 17.0 Å². The van der Waals surface area contributed by atoms with Crippen molar-refractivity contribution < 1.29 is 30.6 Å². The highest BCUT2D eigenvalue weighted by Crippen LogP contribution is 2.31. The highest BCUT2D eigenvalue weighted by molar-refractivity contribution is 7.87. The van der Waals surface area contributed by atoms with Gasteiger partial charge in [-0.05, 0) is 49.2 Å². The number of benzene rings is 2. The predicted octanol–water partition coefficient (Wildman–Crippen LogP) is 4.62. The fourth-order valence-electron chi connectivity index (χ4n) is 2.69. The molecule has 0 aliphatic carbocycles. The maximum Gasteiger partial charge on any atom is 0.416 e. The highest BCUT2D eigenvalue weighted by atomic mass is 32.2. The van der Waals surface area contributed by atoms with Gasteiger partial charge >= 0.3 is 16.3 Å². The number of carbonyl (C=O) groups is 1. The van der Waals surface area contributed by atoms with Gasteiger partial charge < -0.3 is 9.08 Å². The minimum absolute atomic E-state index is 0.00841. The fraction of sp³-hybridized carbons (Fsp3) is 0.350. The minimum atomic E-state index is -4.67. The zero-order valence-electron chi connectivity index (χ0n) is 16.2. The van der Waals surface area contributed by atoms with Gasteiger partial charge in [0.1, 0.15) is 10.6 Å². The molecule has 0 heterocycles. The predicted molar refractivity (Wildman–Crippen MR) is 102 cm³/mol. The Morgan fingerprint density at radius 1 is 1.14 bits per heavy atom. The molecule has 2 aromatic rings. The van der Waals surface area contributed by atoms with Crippen LogP contribution in [0.5, 0.6) is 5.75 Å². The van der Waals surface area contributed by atoms with Crippen LogP contribution in [0.2, 0.25) is 0 Å². The van der Waals surface area contributed by atoms with Crippen molar-refractivity contribution in [3.05, 3.63) is 59.7 Å². The molecular formula is C20H22F3NO4S. The summed E-state index contributed by atoms with van der Waals surface area (Å²) in [7, 11) is -4.46. The Hall–Kier alpha value is -2.55. The van der Waals surface area contributed by atoms with Crippen molar-refractivity contribution in [3.8, 4) is 5.75 Å². The third-order valence-electron chi connectivity index (χ3n) is 4.43. The molecule has 0 bridgehead atoms. The Balaban J connectivity index is 2.26. The lowest BCUT2D eigenvalue weighted by molar-refractivity contribution is -0.137. The second-order valence-electron chi connectivity index (χ2n) is 6.61. The van der Waals surface area contributed by atoms with Crippen LogP contribution in [0.25, 0.3) is 0 Å². The summed E-state index contributed by atoms with van der Waals surface area (Å²) in [5, 5.41) is 0. The van der Waals surface area contributed by atoms with Gasteiger partial charge in [-0.1, -0.05) is 25.1 Å². The van der Waals surface area contributed by atoms with E-state index in [0.717, 1.165) is 24.6 Å². The Morgan fingerprint density at radius 3 is 2.38 bits per heavy atom. The summed E-state index contributed by atoms with van der Waals surface area (Å²) in [5.41, 5.74) is -0.446. The molecule has 0 fully saturated rings. The first-order chi connectivity index (χ1) is 13.4. The third-order valence-corrected chi connectivity index (χ3v) is 5.68. The molecule has 2 rings (SSSR count). The molecule has 0 aliphatic rings. The van der Waals surface area contributed by atoms with Gasteiger partial charge in [0.05, 0.1) is 5.56 Å². The molecule has 5 nitrogen and oxygen atoms in total. The summed E-state index contributed by atoms with van der Waals surface area (Å²) >= 11 is 0. The Labute approximate surface area is 168 Å². The number of nitrogens with zero attached hydrogens (tertiary/aromatic N) is 1. The van der Waals surface area contributed by atoms with Gasteiger partial charge in [-0.3, -0.25) is 4.79 Å². The van der Waals surface area contributed by atoms with E-state index in [1.165, 1.54) is 19.1 Å². The van der Waals surface area contributed by atoms with E-state index in [0.29, 0.717) is 11.6 Å². The minimum Gasteiger partial charge on any atom is -0.379 e. The van der Waals surface area contributed by atoms with E-state index in [9.17, 15) is 26.4 Å². The summed E-state index contributed by atoms with van der Waals surface area (Å²) in [5.74, 6) is -0.171. The molecule has 0 unspecified atom stereocenters. The fourth-order valence-corrected chi connectivity index (χ4v) is 3.66. The van der Waals surface area contributed by atoms with Crippen LogP contribution < -0.4 is 4.18 Å². The number of alkyl halides is 3. The molecule has 158 valence electrons. The number of halogens is 3. The van der Waals surface area contributed by atoms with Crippen LogP contribution in [0.15, 0.2) is 53.4 Å². The van der Waals surface area contributed by atoms with E-state index in [-0.39, 0.29) is 24.2 Å². The van der Waals surface area contributed by atoms with Gasteiger partial charge in [0.15, 0.2) is 0 Å². The number of carbonyl (C=O) groups excluding carboxylic acids is 1. The second-order valence-corrected chi connectivity index (χ2v) is 8.16. The first-order valence-corrected chi connectivity index (χ1v) is 10.3. The summed E-state index contributed by atoms with van der Waals surface area (Å²) in [6.45, 7) is 5.55. The molecule has 0 spiro atoms. The van der Waals surface area contributed by atoms with Crippen LogP contribution in [0, 0.1) is 0 Å². The Kier molecular flexibility index (Phi) is 6.94. The van der Waals surface area contributed by atoms with Gasteiger partial charge in [-0.25, -0.2) is 0 Å². The monoisotopic (exact) mass is 429 g/mol. The van der Waals surface area contributed by atoms with Crippen molar-refractivity contribution in [2.75, 3.05) is 0 Å². The summed E-state index contributed by atoms with van der Waals surface area (Å²) in [6.07, 6.45) is -3.92. The zero-order valence-corrected chi connectivity index (χ0v) is 17.0. The normalized spacial score (nSPS) is 13.0. The smallest absolute Gasteiger partial charge is 0.379 e. The Morgan fingerprint density at radius 2 is 1.79 bits per heavy atom. The van der Waals surface area contributed by atoms with Crippen molar-refractivity contribution in [3.63, 3.8) is 0 Å². The zero-order chi connectivity index (χ0) is 21.8. The van der Waals surface area contributed by atoms with Crippen molar-refractivity contribution in [2.45, 2.75) is 50.9 Å². The van der Waals surface area contributed by atoms with E-state index in [2.05, 4.69) is 0 Å². The molecule has 0 N–H and O–H groups in total. The first kappa shape index (κ1) is 22.7. The largest absolute Gasteiger partial charge is 0.416 e. The van der Waals surface area contributed by atoms with E-state index in [4.69, 9.17) is 4.18 Å². The van der Waals surface area contributed by atoms with E-state index in [1.807, 2.05) is 13.8 Å². The average molecular weight is 429 g/mol. The van der Waals surface area contributed by atoms with Crippen molar-refractivity contribution in [1.82, 2.24) is 4.90 Å². The Bertz CT molecular complexity index is 974. The lowest BCUT2D eigenvalue weighted by Crippen LogP contribution is -2.36. The van der Waals surface area contributed by atoms with Gasteiger partial charge in [0.25, 0.3) is 0 Å². The molecule has 9 heteroatoms. The number of amides is 1. The molecular weight excluding hydrogens is 407 g/mol.